The molecule has 3 aliphatic heterocycles. The fraction of sp³-hybridized carbons (Fsp3) is 0.944. The van der Waals surface area contributed by atoms with Gasteiger partial charge in [0.1, 0.15) is 0 Å². The molecule has 7 nitrogen and oxygen atoms in total. The van der Waals surface area contributed by atoms with Gasteiger partial charge in [-0.05, 0) is 26.4 Å². The number of guanidine groups is 1. The average Bonchev–Trinajstić information content (AvgIpc) is 3.12. The quantitative estimate of drug-likeness (QED) is 0.542. The summed E-state index contributed by atoms with van der Waals surface area (Å²) >= 11 is 0. The van der Waals surface area contributed by atoms with E-state index in [0.717, 1.165) is 77.4 Å². The molecular weight excluding hydrogens is 316 g/mol. The molecule has 0 bridgehead atoms. The first-order valence-corrected chi connectivity index (χ1v) is 9.80. The summed E-state index contributed by atoms with van der Waals surface area (Å²) in [6, 6.07) is 0.555. The average molecular weight is 353 g/mol. The molecule has 2 atom stereocenters. The number of rotatable bonds is 4. The highest BCUT2D eigenvalue weighted by atomic mass is 16.5. The highest BCUT2D eigenvalue weighted by Crippen LogP contribution is 2.15. The summed E-state index contributed by atoms with van der Waals surface area (Å²) in [5.74, 6) is 1.80. The van der Waals surface area contributed by atoms with Crippen molar-refractivity contribution in [3.05, 3.63) is 0 Å². The maximum atomic E-state index is 5.51. The van der Waals surface area contributed by atoms with Crippen LogP contribution < -0.4 is 5.32 Å². The second-order valence-corrected chi connectivity index (χ2v) is 7.84. The minimum atomic E-state index is 0.555. The summed E-state index contributed by atoms with van der Waals surface area (Å²) in [7, 11) is 6.35. The number of nitrogens with zero attached hydrogens (tertiary/aromatic N) is 5. The third-order valence-corrected chi connectivity index (χ3v) is 5.90. The minimum absolute atomic E-state index is 0.555. The van der Waals surface area contributed by atoms with Crippen LogP contribution in [-0.4, -0.2) is 125 Å². The Morgan fingerprint density at radius 2 is 1.92 bits per heavy atom. The number of hydrogen-bond donors (Lipinski definition) is 1. The summed E-state index contributed by atoms with van der Waals surface area (Å²) in [5.41, 5.74) is 0. The van der Waals surface area contributed by atoms with Gasteiger partial charge in [-0.2, -0.15) is 0 Å². The lowest BCUT2D eigenvalue weighted by Crippen LogP contribution is -2.57. The highest BCUT2D eigenvalue weighted by Gasteiger charge is 2.26. The number of ether oxygens (including phenoxy) is 1. The Hall–Kier alpha value is -0.890. The van der Waals surface area contributed by atoms with Crippen molar-refractivity contribution in [2.75, 3.05) is 93.3 Å². The summed E-state index contributed by atoms with van der Waals surface area (Å²) in [4.78, 5) is 14.4. The van der Waals surface area contributed by atoms with Gasteiger partial charge in [0.2, 0.25) is 0 Å². The van der Waals surface area contributed by atoms with E-state index in [4.69, 9.17) is 4.74 Å². The predicted octanol–water partition coefficient (Wildman–Crippen LogP) is -0.538. The number of piperazine rings is 2. The Bertz CT molecular complexity index is 431. The fourth-order valence-corrected chi connectivity index (χ4v) is 4.10. The van der Waals surface area contributed by atoms with Crippen LogP contribution in [-0.2, 0) is 4.74 Å². The first-order valence-electron chi connectivity index (χ1n) is 9.80. The van der Waals surface area contributed by atoms with E-state index in [9.17, 15) is 0 Å². The molecule has 2 unspecified atom stereocenters. The summed E-state index contributed by atoms with van der Waals surface area (Å²) in [6.45, 7) is 11.9. The molecule has 0 aromatic carbocycles. The summed E-state index contributed by atoms with van der Waals surface area (Å²) in [6.07, 6.45) is 1.23. The van der Waals surface area contributed by atoms with E-state index in [1.54, 1.807) is 0 Å². The lowest BCUT2D eigenvalue weighted by Gasteiger charge is -2.40. The van der Waals surface area contributed by atoms with Crippen LogP contribution in [0.2, 0.25) is 0 Å². The maximum absolute atomic E-state index is 5.51. The first kappa shape index (κ1) is 18.9. The molecule has 0 aromatic rings. The zero-order chi connectivity index (χ0) is 17.6. The van der Waals surface area contributed by atoms with Crippen molar-refractivity contribution in [2.45, 2.75) is 12.5 Å². The Morgan fingerprint density at radius 1 is 1.12 bits per heavy atom. The molecule has 144 valence electrons. The summed E-state index contributed by atoms with van der Waals surface area (Å²) in [5, 5.41) is 3.62. The molecule has 0 aromatic heterocycles. The molecule has 0 saturated carbocycles. The third kappa shape index (κ3) is 5.29. The molecule has 0 radical (unpaired) electrons. The minimum Gasteiger partial charge on any atom is -0.381 e. The van der Waals surface area contributed by atoms with Gasteiger partial charge in [0.15, 0.2) is 5.96 Å². The Balaban J connectivity index is 1.41. The molecule has 1 N–H and O–H groups in total. The number of likely N-dealkylation sites (N-methyl/N-ethyl adjacent to an activating group) is 2. The Labute approximate surface area is 153 Å². The zero-order valence-electron chi connectivity index (χ0n) is 16.3. The molecule has 0 amide bonds. The van der Waals surface area contributed by atoms with Crippen LogP contribution >= 0.6 is 0 Å². The van der Waals surface area contributed by atoms with E-state index < -0.39 is 0 Å². The topological polar surface area (TPSA) is 46.6 Å². The van der Waals surface area contributed by atoms with Gasteiger partial charge in [0, 0.05) is 78.6 Å². The van der Waals surface area contributed by atoms with Gasteiger partial charge in [-0.15, -0.1) is 0 Å². The van der Waals surface area contributed by atoms with E-state index in [1.165, 1.54) is 13.0 Å². The lowest BCUT2D eigenvalue weighted by molar-refractivity contribution is 0.114. The molecule has 0 spiro atoms. The van der Waals surface area contributed by atoms with Crippen molar-refractivity contribution < 1.29 is 4.74 Å². The molecule has 7 heteroatoms. The van der Waals surface area contributed by atoms with E-state index in [1.807, 2.05) is 7.05 Å². The molecule has 3 saturated heterocycles. The zero-order valence-corrected chi connectivity index (χ0v) is 16.3. The van der Waals surface area contributed by atoms with Crippen molar-refractivity contribution in [1.82, 2.24) is 24.9 Å². The Morgan fingerprint density at radius 3 is 2.60 bits per heavy atom. The smallest absolute Gasteiger partial charge is 0.193 e. The van der Waals surface area contributed by atoms with Gasteiger partial charge in [0.25, 0.3) is 0 Å². The molecule has 3 heterocycles. The second-order valence-electron chi connectivity index (χ2n) is 7.84. The van der Waals surface area contributed by atoms with Gasteiger partial charge >= 0.3 is 0 Å². The largest absolute Gasteiger partial charge is 0.381 e. The highest BCUT2D eigenvalue weighted by molar-refractivity contribution is 5.80. The van der Waals surface area contributed by atoms with Crippen molar-refractivity contribution in [1.29, 1.82) is 0 Å². The van der Waals surface area contributed by atoms with Crippen molar-refractivity contribution in [2.24, 2.45) is 10.9 Å². The fourth-order valence-electron chi connectivity index (χ4n) is 4.10. The van der Waals surface area contributed by atoms with Gasteiger partial charge in [-0.3, -0.25) is 14.8 Å². The van der Waals surface area contributed by atoms with Crippen LogP contribution in [0.25, 0.3) is 0 Å². The SMILES string of the molecule is CN=C(NCC1CN(C)CCN1C)N1CCN(CC2CCOC2)CC1. The van der Waals surface area contributed by atoms with Gasteiger partial charge < -0.3 is 19.9 Å². The first-order chi connectivity index (χ1) is 12.2. The molecule has 25 heavy (non-hydrogen) atoms. The van der Waals surface area contributed by atoms with Crippen LogP contribution in [0.1, 0.15) is 6.42 Å². The van der Waals surface area contributed by atoms with Crippen molar-refractivity contribution in [3.8, 4) is 0 Å². The van der Waals surface area contributed by atoms with Crippen molar-refractivity contribution >= 4 is 5.96 Å². The van der Waals surface area contributed by atoms with E-state index in [-0.39, 0.29) is 0 Å². The molecular formula is C18H36N6O. The third-order valence-electron chi connectivity index (χ3n) is 5.90. The van der Waals surface area contributed by atoms with Crippen LogP contribution in [0, 0.1) is 5.92 Å². The van der Waals surface area contributed by atoms with Gasteiger partial charge in [0.05, 0.1) is 6.61 Å². The number of hydrogen-bond acceptors (Lipinski definition) is 5. The van der Waals surface area contributed by atoms with Crippen LogP contribution in [0.4, 0.5) is 0 Å². The van der Waals surface area contributed by atoms with Crippen LogP contribution in [0.5, 0.6) is 0 Å². The van der Waals surface area contributed by atoms with Crippen LogP contribution in [0.3, 0.4) is 0 Å². The normalized spacial score (nSPS) is 30.8. The molecule has 3 rings (SSSR count). The predicted molar refractivity (Wildman–Crippen MR) is 102 cm³/mol. The molecule has 3 aliphatic rings. The molecule has 3 fully saturated rings. The maximum Gasteiger partial charge on any atom is 0.193 e. The molecule has 0 aliphatic carbocycles. The number of nitrogens with one attached hydrogen (secondary N) is 1. The monoisotopic (exact) mass is 352 g/mol. The van der Waals surface area contributed by atoms with Crippen LogP contribution in [0.15, 0.2) is 4.99 Å². The number of aliphatic imine (C=N–C) groups is 1. The van der Waals surface area contributed by atoms with Crippen molar-refractivity contribution in [3.63, 3.8) is 0 Å². The summed E-state index contributed by atoms with van der Waals surface area (Å²) < 4.78 is 5.51. The standard InChI is InChI=1S/C18H36N6O/c1-19-18(20-12-17-14-21(2)5-6-22(17)3)24-9-7-23(8-10-24)13-16-4-11-25-15-16/h16-17H,4-15H2,1-3H3,(H,19,20). The second kappa shape index (κ2) is 9.16. The van der Waals surface area contributed by atoms with E-state index in [0.29, 0.717) is 6.04 Å². The lowest BCUT2D eigenvalue weighted by atomic mass is 10.1. The van der Waals surface area contributed by atoms with E-state index in [2.05, 4.69) is 44.0 Å². The van der Waals surface area contributed by atoms with Gasteiger partial charge in [-0.25, -0.2) is 0 Å². The van der Waals surface area contributed by atoms with E-state index >= 15 is 0 Å². The Kier molecular flexibility index (Phi) is 6.92. The van der Waals surface area contributed by atoms with Gasteiger partial charge in [-0.1, -0.05) is 0 Å².